The second kappa shape index (κ2) is 8.51. The Morgan fingerprint density at radius 1 is 1.08 bits per heavy atom. The summed E-state index contributed by atoms with van der Waals surface area (Å²) >= 11 is 0. The van der Waals surface area contributed by atoms with E-state index in [1.165, 1.54) is 30.8 Å². The number of urea groups is 1. The van der Waals surface area contributed by atoms with Crippen molar-refractivity contribution in [3.05, 3.63) is 0 Å². The van der Waals surface area contributed by atoms with Gasteiger partial charge in [0.1, 0.15) is 12.1 Å². The fraction of sp³-hybridized carbons (Fsp3) is 0.733. The average Bonchev–Trinajstić information content (AvgIpc) is 2.52. The number of hydrogen-bond acceptors (Lipinski definition) is 5. The standard InChI is InChI=1S/C15H26N4O5/c1-9(2)16-15(23)18-6-7-19(11(4)20)12(8-18)13(21)17-10(3)14(22)24-5/h9-10,12H,6-8H2,1-5H3,(H,16,23)(H,17,21)/t10-,12+/m1/s1. The molecule has 0 aromatic rings. The van der Waals surface area contributed by atoms with E-state index in [1.54, 1.807) is 0 Å². The van der Waals surface area contributed by atoms with Gasteiger partial charge in [-0.1, -0.05) is 0 Å². The Hall–Kier alpha value is -2.32. The molecule has 2 atom stereocenters. The molecule has 0 radical (unpaired) electrons. The van der Waals surface area contributed by atoms with Gasteiger partial charge >= 0.3 is 12.0 Å². The molecule has 24 heavy (non-hydrogen) atoms. The molecule has 1 saturated heterocycles. The molecule has 4 amide bonds. The zero-order valence-corrected chi connectivity index (χ0v) is 14.8. The van der Waals surface area contributed by atoms with Gasteiger partial charge in [0.05, 0.1) is 13.7 Å². The van der Waals surface area contributed by atoms with Crippen LogP contribution in [0.4, 0.5) is 4.79 Å². The van der Waals surface area contributed by atoms with Crippen molar-refractivity contribution in [1.82, 2.24) is 20.4 Å². The van der Waals surface area contributed by atoms with Crippen LogP contribution in [0.5, 0.6) is 0 Å². The summed E-state index contributed by atoms with van der Waals surface area (Å²) in [7, 11) is 1.23. The van der Waals surface area contributed by atoms with Crippen molar-refractivity contribution in [1.29, 1.82) is 0 Å². The van der Waals surface area contributed by atoms with E-state index in [-0.39, 0.29) is 31.1 Å². The number of esters is 1. The number of rotatable bonds is 4. The number of piperazine rings is 1. The SMILES string of the molecule is COC(=O)[C@@H](C)NC(=O)[C@@H]1CN(C(=O)NC(C)C)CCN1C(C)=O. The predicted octanol–water partition coefficient (Wildman–Crippen LogP) is -0.685. The monoisotopic (exact) mass is 342 g/mol. The van der Waals surface area contributed by atoms with Gasteiger partial charge in [0, 0.05) is 26.1 Å². The Bertz CT molecular complexity index is 508. The van der Waals surface area contributed by atoms with Crippen molar-refractivity contribution in [2.45, 2.75) is 45.8 Å². The van der Waals surface area contributed by atoms with Crippen LogP contribution >= 0.6 is 0 Å². The zero-order valence-electron chi connectivity index (χ0n) is 14.8. The highest BCUT2D eigenvalue weighted by Crippen LogP contribution is 2.11. The molecule has 1 heterocycles. The minimum atomic E-state index is -0.846. The summed E-state index contributed by atoms with van der Waals surface area (Å²) in [5, 5.41) is 5.28. The molecule has 0 aromatic carbocycles. The predicted molar refractivity (Wildman–Crippen MR) is 86.0 cm³/mol. The quantitative estimate of drug-likeness (QED) is 0.658. The summed E-state index contributed by atoms with van der Waals surface area (Å²) in [6, 6.07) is -2.00. The summed E-state index contributed by atoms with van der Waals surface area (Å²) in [5.41, 5.74) is 0. The first-order chi connectivity index (χ1) is 11.2. The number of amides is 4. The molecule has 0 unspecified atom stereocenters. The third kappa shape index (κ3) is 5.10. The first kappa shape index (κ1) is 19.7. The largest absolute Gasteiger partial charge is 0.467 e. The Morgan fingerprint density at radius 3 is 2.21 bits per heavy atom. The van der Waals surface area contributed by atoms with Crippen LogP contribution < -0.4 is 10.6 Å². The fourth-order valence-electron chi connectivity index (χ4n) is 2.45. The topological polar surface area (TPSA) is 108 Å². The number of nitrogens with one attached hydrogen (secondary N) is 2. The smallest absolute Gasteiger partial charge is 0.328 e. The van der Waals surface area contributed by atoms with Gasteiger partial charge in [-0.3, -0.25) is 9.59 Å². The van der Waals surface area contributed by atoms with E-state index in [4.69, 9.17) is 0 Å². The van der Waals surface area contributed by atoms with E-state index in [9.17, 15) is 19.2 Å². The fourth-order valence-corrected chi connectivity index (χ4v) is 2.45. The van der Waals surface area contributed by atoms with E-state index in [0.29, 0.717) is 6.54 Å². The molecule has 9 heteroatoms. The molecular weight excluding hydrogens is 316 g/mol. The maximum atomic E-state index is 12.5. The first-order valence-electron chi connectivity index (χ1n) is 7.88. The Morgan fingerprint density at radius 2 is 1.71 bits per heavy atom. The van der Waals surface area contributed by atoms with Crippen LogP contribution in [0.25, 0.3) is 0 Å². The number of hydrogen-bond donors (Lipinski definition) is 2. The molecule has 0 bridgehead atoms. The highest BCUT2D eigenvalue weighted by Gasteiger charge is 2.36. The molecule has 0 saturated carbocycles. The van der Waals surface area contributed by atoms with Crippen LogP contribution in [-0.2, 0) is 19.1 Å². The molecule has 1 rings (SSSR count). The van der Waals surface area contributed by atoms with Gasteiger partial charge < -0.3 is 25.2 Å². The van der Waals surface area contributed by atoms with Crippen LogP contribution in [0.15, 0.2) is 0 Å². The van der Waals surface area contributed by atoms with Crippen molar-refractivity contribution in [3.63, 3.8) is 0 Å². The summed E-state index contributed by atoms with van der Waals surface area (Å²) in [6.07, 6.45) is 0. The number of methoxy groups -OCH3 is 1. The Balaban J connectivity index is 2.83. The van der Waals surface area contributed by atoms with E-state index in [2.05, 4.69) is 15.4 Å². The highest BCUT2D eigenvalue weighted by molar-refractivity contribution is 5.91. The third-order valence-corrected chi connectivity index (χ3v) is 3.70. The van der Waals surface area contributed by atoms with Gasteiger partial charge in [0.25, 0.3) is 0 Å². The molecule has 0 aromatic heterocycles. The number of carbonyl (C=O) groups excluding carboxylic acids is 4. The molecule has 1 aliphatic rings. The van der Waals surface area contributed by atoms with E-state index in [0.717, 1.165) is 0 Å². The van der Waals surface area contributed by atoms with Crippen LogP contribution in [0.2, 0.25) is 0 Å². The second-order valence-electron chi connectivity index (χ2n) is 6.03. The summed E-state index contributed by atoms with van der Waals surface area (Å²) in [4.78, 5) is 50.7. The van der Waals surface area contributed by atoms with Crippen molar-refractivity contribution in [3.8, 4) is 0 Å². The first-order valence-corrected chi connectivity index (χ1v) is 7.88. The maximum absolute atomic E-state index is 12.5. The highest BCUT2D eigenvalue weighted by atomic mass is 16.5. The molecular formula is C15H26N4O5. The van der Waals surface area contributed by atoms with Crippen LogP contribution in [0.3, 0.4) is 0 Å². The van der Waals surface area contributed by atoms with Gasteiger partial charge in [-0.25, -0.2) is 9.59 Å². The van der Waals surface area contributed by atoms with Crippen LogP contribution in [0, 0.1) is 0 Å². The van der Waals surface area contributed by atoms with Gasteiger partial charge in [0.2, 0.25) is 11.8 Å². The van der Waals surface area contributed by atoms with Crippen molar-refractivity contribution in [2.75, 3.05) is 26.7 Å². The lowest BCUT2D eigenvalue weighted by atomic mass is 10.1. The summed E-state index contributed by atoms with van der Waals surface area (Å²) in [5.74, 6) is -1.34. The van der Waals surface area contributed by atoms with E-state index in [1.807, 2.05) is 13.8 Å². The normalized spacial score (nSPS) is 18.8. The average molecular weight is 342 g/mol. The minimum absolute atomic E-state index is 0.0324. The molecule has 1 aliphatic heterocycles. The number of nitrogens with zero attached hydrogens (tertiary/aromatic N) is 2. The lowest BCUT2D eigenvalue weighted by Gasteiger charge is -2.40. The van der Waals surface area contributed by atoms with Crippen molar-refractivity contribution >= 4 is 23.8 Å². The second-order valence-corrected chi connectivity index (χ2v) is 6.03. The van der Waals surface area contributed by atoms with E-state index < -0.39 is 24.0 Å². The van der Waals surface area contributed by atoms with E-state index >= 15 is 0 Å². The van der Waals surface area contributed by atoms with Gasteiger partial charge in [-0.15, -0.1) is 0 Å². The molecule has 9 nitrogen and oxygen atoms in total. The third-order valence-electron chi connectivity index (χ3n) is 3.70. The molecule has 0 spiro atoms. The Labute approximate surface area is 141 Å². The number of carbonyl (C=O) groups is 4. The van der Waals surface area contributed by atoms with Crippen molar-refractivity contribution < 1.29 is 23.9 Å². The lowest BCUT2D eigenvalue weighted by molar-refractivity contribution is -0.147. The molecule has 0 aliphatic carbocycles. The molecule has 136 valence electrons. The molecule has 1 fully saturated rings. The van der Waals surface area contributed by atoms with Gasteiger partial charge in [-0.2, -0.15) is 0 Å². The lowest BCUT2D eigenvalue weighted by Crippen LogP contribution is -2.63. The minimum Gasteiger partial charge on any atom is -0.467 e. The maximum Gasteiger partial charge on any atom is 0.328 e. The zero-order chi connectivity index (χ0) is 18.4. The van der Waals surface area contributed by atoms with Crippen molar-refractivity contribution in [2.24, 2.45) is 0 Å². The van der Waals surface area contributed by atoms with Crippen LogP contribution in [-0.4, -0.2) is 78.5 Å². The summed E-state index contributed by atoms with van der Waals surface area (Å²) in [6.45, 7) is 7.21. The molecule has 2 N–H and O–H groups in total. The Kier molecular flexibility index (Phi) is 6.99. The summed E-state index contributed by atoms with van der Waals surface area (Å²) < 4.78 is 4.57. The van der Waals surface area contributed by atoms with Crippen LogP contribution in [0.1, 0.15) is 27.7 Å². The van der Waals surface area contributed by atoms with Gasteiger partial charge in [-0.05, 0) is 20.8 Å². The van der Waals surface area contributed by atoms with Gasteiger partial charge in [0.15, 0.2) is 0 Å². The number of ether oxygens (including phenoxy) is 1.